The zero-order valence-electron chi connectivity index (χ0n) is 24.0. The molecule has 0 fully saturated rings. The van der Waals surface area contributed by atoms with Gasteiger partial charge in [-0.15, -0.1) is 0 Å². The Balaban J connectivity index is 0.000000375. The van der Waals surface area contributed by atoms with E-state index in [9.17, 15) is 0 Å². The van der Waals surface area contributed by atoms with Gasteiger partial charge >= 0.3 is 0 Å². The molecule has 2 aromatic heterocycles. The van der Waals surface area contributed by atoms with E-state index in [1.165, 1.54) is 11.1 Å². The van der Waals surface area contributed by atoms with Crippen molar-refractivity contribution in [2.24, 2.45) is 5.73 Å². The number of aromatic nitrogens is 2. The van der Waals surface area contributed by atoms with Crippen LogP contribution in [0.5, 0.6) is 5.75 Å². The fourth-order valence-corrected chi connectivity index (χ4v) is 4.19. The summed E-state index contributed by atoms with van der Waals surface area (Å²) in [5.74, 6) is 0.822. The maximum absolute atomic E-state index is 7.00. The van der Waals surface area contributed by atoms with E-state index in [2.05, 4.69) is 67.1 Å². The molecule has 0 aliphatic rings. The maximum Gasteiger partial charge on any atom is 0.139 e. The summed E-state index contributed by atoms with van der Waals surface area (Å²) in [6.45, 7) is 10.9. The van der Waals surface area contributed by atoms with Crippen molar-refractivity contribution in [3.8, 4) is 17.0 Å². The monoisotopic (exact) mass is 547 g/mol. The first kappa shape index (κ1) is 31.8. The molecule has 0 amide bonds. The number of aromatic amines is 1. The molecule has 0 radical (unpaired) electrons. The van der Waals surface area contributed by atoms with E-state index in [1.54, 1.807) is 0 Å². The standard InChI is InChI=1S/C22H22ClN3O.C8H10.C2H6.CH4O/c1-2-5-16(24)13-27-17-8-9-20-15(10-17)12-21(25-20)18-11-14-6-3-4-7-19(14)26-22(18)23;1-7-5-3-4-6-8(7)2;2*1-2/h3-4,6-12,16,25H,2,5,13,24H2,1H3;3-6H,1-2H3;1-2H3;2H,1H3. The summed E-state index contributed by atoms with van der Waals surface area (Å²) in [6, 6.07) is 26.5. The molecular formula is C33H42ClN3O2. The molecule has 6 heteroatoms. The average Bonchev–Trinajstić information content (AvgIpc) is 3.39. The van der Waals surface area contributed by atoms with Gasteiger partial charge in [0.05, 0.1) is 5.52 Å². The van der Waals surface area contributed by atoms with Crippen molar-refractivity contribution in [1.82, 2.24) is 9.97 Å². The van der Waals surface area contributed by atoms with Gasteiger partial charge in [-0.1, -0.05) is 81.3 Å². The molecule has 0 spiro atoms. The van der Waals surface area contributed by atoms with Crippen LogP contribution in [-0.4, -0.2) is 34.8 Å². The Labute approximate surface area is 238 Å². The molecule has 0 saturated carbocycles. The number of halogens is 1. The van der Waals surface area contributed by atoms with Crippen molar-refractivity contribution in [3.63, 3.8) is 0 Å². The Morgan fingerprint density at radius 1 is 0.897 bits per heavy atom. The number of rotatable bonds is 6. The first-order chi connectivity index (χ1) is 18.9. The van der Waals surface area contributed by atoms with Crippen molar-refractivity contribution in [2.75, 3.05) is 13.7 Å². The highest BCUT2D eigenvalue weighted by atomic mass is 35.5. The molecule has 5 rings (SSSR count). The quantitative estimate of drug-likeness (QED) is 0.186. The van der Waals surface area contributed by atoms with Gasteiger partial charge in [0.15, 0.2) is 0 Å². The number of aliphatic hydroxyl groups is 1. The molecular weight excluding hydrogens is 506 g/mol. The second-order valence-corrected chi connectivity index (χ2v) is 9.25. The normalized spacial score (nSPS) is 10.9. The van der Waals surface area contributed by atoms with Crippen LogP contribution in [0.1, 0.15) is 44.7 Å². The number of para-hydroxylation sites is 1. The van der Waals surface area contributed by atoms with Gasteiger partial charge in [0.1, 0.15) is 17.5 Å². The van der Waals surface area contributed by atoms with E-state index < -0.39 is 0 Å². The lowest BCUT2D eigenvalue weighted by atomic mass is 10.1. The molecule has 0 aliphatic carbocycles. The van der Waals surface area contributed by atoms with Crippen molar-refractivity contribution < 1.29 is 9.84 Å². The highest BCUT2D eigenvalue weighted by Crippen LogP contribution is 2.32. The van der Waals surface area contributed by atoms with E-state index in [1.807, 2.05) is 56.3 Å². The minimum Gasteiger partial charge on any atom is -0.492 e. The van der Waals surface area contributed by atoms with E-state index in [0.717, 1.165) is 58.8 Å². The lowest BCUT2D eigenvalue weighted by Gasteiger charge is -2.12. The van der Waals surface area contributed by atoms with Crippen LogP contribution in [0, 0.1) is 13.8 Å². The molecule has 208 valence electrons. The van der Waals surface area contributed by atoms with Gasteiger partial charge in [0.2, 0.25) is 0 Å². The van der Waals surface area contributed by atoms with Crippen molar-refractivity contribution in [3.05, 3.63) is 95.1 Å². The van der Waals surface area contributed by atoms with Gasteiger partial charge in [0.25, 0.3) is 0 Å². The Kier molecular flexibility index (Phi) is 13.5. The van der Waals surface area contributed by atoms with E-state index in [-0.39, 0.29) is 6.04 Å². The van der Waals surface area contributed by atoms with Gasteiger partial charge in [-0.05, 0) is 67.8 Å². The molecule has 39 heavy (non-hydrogen) atoms. The van der Waals surface area contributed by atoms with Crippen molar-refractivity contribution >= 4 is 33.4 Å². The lowest BCUT2D eigenvalue weighted by molar-refractivity contribution is 0.282. The zero-order valence-corrected chi connectivity index (χ0v) is 24.7. The van der Waals surface area contributed by atoms with Crippen LogP contribution < -0.4 is 10.5 Å². The second-order valence-electron chi connectivity index (χ2n) is 8.90. The number of nitrogens with two attached hydrogens (primary N) is 1. The molecule has 0 aliphatic heterocycles. The van der Waals surface area contributed by atoms with Gasteiger partial charge in [-0.3, -0.25) is 0 Å². The molecule has 0 bridgehead atoms. The van der Waals surface area contributed by atoms with Crippen LogP contribution in [0.2, 0.25) is 5.15 Å². The topological polar surface area (TPSA) is 84.2 Å². The predicted octanol–water partition coefficient (Wildman–Crippen LogP) is 8.48. The molecule has 0 saturated heterocycles. The summed E-state index contributed by atoms with van der Waals surface area (Å²) in [5.41, 5.74) is 12.5. The summed E-state index contributed by atoms with van der Waals surface area (Å²) in [7, 11) is 1.00. The van der Waals surface area contributed by atoms with Crippen molar-refractivity contribution in [1.29, 1.82) is 0 Å². The number of benzene rings is 3. The van der Waals surface area contributed by atoms with Gasteiger partial charge in [-0.25, -0.2) is 4.98 Å². The molecule has 4 N–H and O–H groups in total. The number of nitrogens with one attached hydrogen (secondary N) is 1. The number of aliphatic hydroxyl groups excluding tert-OH is 1. The van der Waals surface area contributed by atoms with Gasteiger partial charge in [-0.2, -0.15) is 0 Å². The number of aryl methyl sites for hydroxylation is 2. The van der Waals surface area contributed by atoms with E-state index >= 15 is 0 Å². The minimum absolute atomic E-state index is 0.0648. The third-order valence-corrected chi connectivity index (χ3v) is 6.40. The molecule has 5 nitrogen and oxygen atoms in total. The molecule has 3 aromatic carbocycles. The summed E-state index contributed by atoms with van der Waals surface area (Å²) in [6.07, 6.45) is 2.02. The zero-order chi connectivity index (χ0) is 28.8. The van der Waals surface area contributed by atoms with Crippen LogP contribution in [0.25, 0.3) is 33.1 Å². The van der Waals surface area contributed by atoms with Gasteiger partial charge in [0, 0.05) is 40.7 Å². The largest absolute Gasteiger partial charge is 0.492 e. The molecule has 2 heterocycles. The number of nitrogens with zero attached hydrogens (tertiary/aromatic N) is 1. The number of hydrogen-bond acceptors (Lipinski definition) is 4. The highest BCUT2D eigenvalue weighted by molar-refractivity contribution is 6.32. The number of hydrogen-bond donors (Lipinski definition) is 3. The van der Waals surface area contributed by atoms with Gasteiger partial charge < -0.3 is 20.6 Å². The third-order valence-electron chi connectivity index (χ3n) is 6.11. The van der Waals surface area contributed by atoms with Crippen molar-refractivity contribution in [2.45, 2.75) is 53.5 Å². The average molecular weight is 548 g/mol. The minimum atomic E-state index is 0.0648. The van der Waals surface area contributed by atoms with E-state index in [0.29, 0.717) is 11.8 Å². The molecule has 1 atom stereocenters. The third kappa shape index (κ3) is 9.10. The Morgan fingerprint density at radius 2 is 1.54 bits per heavy atom. The predicted molar refractivity (Wildman–Crippen MR) is 168 cm³/mol. The molecule has 1 unspecified atom stereocenters. The summed E-state index contributed by atoms with van der Waals surface area (Å²) < 4.78 is 5.85. The van der Waals surface area contributed by atoms with Crippen LogP contribution in [-0.2, 0) is 0 Å². The van der Waals surface area contributed by atoms with E-state index in [4.69, 9.17) is 27.2 Å². The maximum atomic E-state index is 7.00. The fourth-order valence-electron chi connectivity index (χ4n) is 3.95. The number of fused-ring (bicyclic) bond motifs is 2. The van der Waals surface area contributed by atoms with Crippen LogP contribution in [0.4, 0.5) is 0 Å². The summed E-state index contributed by atoms with van der Waals surface area (Å²) in [5, 5.41) is 9.61. The SMILES string of the molecule is CC.CCCC(N)COc1ccc2[nH]c(-c3cc4ccccc4nc3Cl)cc2c1.CO.Cc1ccccc1C. The summed E-state index contributed by atoms with van der Waals surface area (Å²) in [4.78, 5) is 7.94. The smallest absolute Gasteiger partial charge is 0.139 e. The number of pyridine rings is 1. The number of H-pyrrole nitrogens is 1. The van der Waals surface area contributed by atoms with Crippen LogP contribution in [0.15, 0.2) is 78.9 Å². The highest BCUT2D eigenvalue weighted by Gasteiger charge is 2.11. The Bertz CT molecular complexity index is 1410. The first-order valence-corrected chi connectivity index (χ1v) is 13.9. The Morgan fingerprint density at radius 3 is 2.18 bits per heavy atom. The lowest BCUT2D eigenvalue weighted by Crippen LogP contribution is -2.27. The number of ether oxygens (including phenoxy) is 1. The second kappa shape index (κ2) is 16.6. The molecule has 5 aromatic rings. The van der Waals surface area contributed by atoms with Crippen LogP contribution >= 0.6 is 11.6 Å². The van der Waals surface area contributed by atoms with Crippen LogP contribution in [0.3, 0.4) is 0 Å². The fraction of sp³-hybridized carbons (Fsp3) is 0.303. The Hall–Kier alpha value is -3.38. The first-order valence-electron chi connectivity index (χ1n) is 13.5. The summed E-state index contributed by atoms with van der Waals surface area (Å²) >= 11 is 6.44.